The first-order chi connectivity index (χ1) is 9.93. The smallest absolute Gasteiger partial charge is 0.322 e. The lowest BCUT2D eigenvalue weighted by Crippen LogP contribution is -2.19. The van der Waals surface area contributed by atoms with Crippen molar-refractivity contribution >= 4 is 23.8 Å². The Morgan fingerprint density at radius 1 is 1.24 bits per heavy atom. The molecule has 6 nitrogen and oxygen atoms in total. The molecule has 9 heteroatoms. The number of hydrogen-bond donors (Lipinski definition) is 0. The lowest BCUT2D eigenvalue weighted by atomic mass is 10.2. The Morgan fingerprint density at radius 3 is 2.52 bits per heavy atom. The second kappa shape index (κ2) is 5.81. The number of aromatic nitrogens is 2. The fourth-order valence-corrected chi connectivity index (χ4v) is 1.67. The van der Waals surface area contributed by atoms with E-state index in [0.29, 0.717) is 12.1 Å². The first kappa shape index (κ1) is 14.8. The summed E-state index contributed by atoms with van der Waals surface area (Å²) in [6, 6.07) is 3.47. The molecule has 0 atom stereocenters. The molecule has 0 N–H and O–H groups in total. The Labute approximate surface area is 117 Å². The summed E-state index contributed by atoms with van der Waals surface area (Å²) in [5.74, 6) is -1.36. The molecule has 0 fully saturated rings. The lowest BCUT2D eigenvalue weighted by Gasteiger charge is -2.21. The second-order valence-electron chi connectivity index (χ2n) is 4.13. The summed E-state index contributed by atoms with van der Waals surface area (Å²) in [6.45, 7) is 0. The first-order valence-corrected chi connectivity index (χ1v) is 5.77. The van der Waals surface area contributed by atoms with Gasteiger partial charge in [0.25, 0.3) is 5.89 Å². The predicted molar refractivity (Wildman–Crippen MR) is 68.2 cm³/mol. The summed E-state index contributed by atoms with van der Waals surface area (Å²) in [4.78, 5) is 13.3. The molecular formula is C12H11F3N4O2. The van der Waals surface area contributed by atoms with Gasteiger partial charge in [-0.05, 0) is 18.2 Å². The molecule has 2 rings (SSSR count). The van der Waals surface area contributed by atoms with Crippen molar-refractivity contribution in [3.63, 3.8) is 0 Å². The Balaban J connectivity index is 2.42. The van der Waals surface area contributed by atoms with Crippen LogP contribution in [0.4, 0.5) is 30.6 Å². The van der Waals surface area contributed by atoms with Crippen molar-refractivity contribution in [1.29, 1.82) is 0 Å². The summed E-state index contributed by atoms with van der Waals surface area (Å²) in [7, 11) is 2.90. The Hall–Kier alpha value is -2.58. The van der Waals surface area contributed by atoms with E-state index in [1.54, 1.807) is 0 Å². The number of nitrogens with zero attached hydrogens (tertiary/aromatic N) is 4. The van der Waals surface area contributed by atoms with Crippen LogP contribution < -0.4 is 9.80 Å². The molecule has 2 aromatic rings. The average molecular weight is 300 g/mol. The highest BCUT2D eigenvalue weighted by molar-refractivity contribution is 5.84. The third-order valence-electron chi connectivity index (χ3n) is 2.74. The van der Waals surface area contributed by atoms with E-state index in [-0.39, 0.29) is 11.7 Å². The van der Waals surface area contributed by atoms with Crippen LogP contribution >= 0.6 is 0 Å². The zero-order chi connectivity index (χ0) is 15.6. The highest BCUT2D eigenvalue weighted by atomic mass is 19.3. The molecule has 0 aliphatic rings. The van der Waals surface area contributed by atoms with Gasteiger partial charge in [-0.25, -0.2) is 4.39 Å². The highest BCUT2D eigenvalue weighted by Gasteiger charge is 2.21. The van der Waals surface area contributed by atoms with Crippen molar-refractivity contribution in [3.8, 4) is 0 Å². The zero-order valence-corrected chi connectivity index (χ0v) is 11.1. The fraction of sp³-hybridized carbons (Fsp3) is 0.250. The minimum absolute atomic E-state index is 0.197. The van der Waals surface area contributed by atoms with Crippen molar-refractivity contribution in [1.82, 2.24) is 10.2 Å². The van der Waals surface area contributed by atoms with Gasteiger partial charge >= 0.3 is 12.4 Å². The highest BCUT2D eigenvalue weighted by Crippen LogP contribution is 2.33. The summed E-state index contributed by atoms with van der Waals surface area (Å²) >= 11 is 0. The number of alkyl halides is 2. The summed E-state index contributed by atoms with van der Waals surface area (Å²) < 4.78 is 43.0. The van der Waals surface area contributed by atoms with E-state index in [2.05, 4.69) is 10.2 Å². The molecule has 1 aromatic heterocycles. The molecule has 21 heavy (non-hydrogen) atoms. The topological polar surface area (TPSA) is 62.5 Å². The maximum absolute atomic E-state index is 13.3. The van der Waals surface area contributed by atoms with Gasteiger partial charge in [0.05, 0.1) is 11.4 Å². The molecule has 0 bridgehead atoms. The Kier molecular flexibility index (Phi) is 4.10. The number of anilines is 3. The predicted octanol–water partition coefficient (Wildman–Crippen LogP) is 2.51. The standard InChI is InChI=1S/C12H11F3N4O2/c1-18(6-20)9-5-7(13)3-4-8(9)19(2)12-17-16-11(21-12)10(14)15/h3-6,10H,1-2H3. The van der Waals surface area contributed by atoms with E-state index in [9.17, 15) is 18.0 Å². The molecule has 0 aliphatic heterocycles. The molecule has 0 unspecified atom stereocenters. The quantitative estimate of drug-likeness (QED) is 0.794. The number of rotatable bonds is 5. The van der Waals surface area contributed by atoms with E-state index in [1.807, 2.05) is 0 Å². The van der Waals surface area contributed by atoms with Crippen LogP contribution in [0.1, 0.15) is 12.3 Å². The van der Waals surface area contributed by atoms with Crippen LogP contribution in [0.3, 0.4) is 0 Å². The van der Waals surface area contributed by atoms with Gasteiger partial charge < -0.3 is 9.32 Å². The first-order valence-electron chi connectivity index (χ1n) is 5.77. The molecule has 0 radical (unpaired) electrons. The van der Waals surface area contributed by atoms with Crippen LogP contribution in [0.25, 0.3) is 0 Å². The fourth-order valence-electron chi connectivity index (χ4n) is 1.67. The Bertz CT molecular complexity index is 647. The third kappa shape index (κ3) is 2.96. The van der Waals surface area contributed by atoms with Crippen LogP contribution in [0.15, 0.2) is 22.6 Å². The van der Waals surface area contributed by atoms with Crippen molar-refractivity contribution < 1.29 is 22.4 Å². The molecule has 0 saturated heterocycles. The van der Waals surface area contributed by atoms with Crippen molar-refractivity contribution in [2.75, 3.05) is 23.9 Å². The summed E-state index contributed by atoms with van der Waals surface area (Å²) in [5, 5.41) is 6.70. The van der Waals surface area contributed by atoms with Gasteiger partial charge in [-0.1, -0.05) is 5.10 Å². The number of carbonyl (C=O) groups excluding carboxylic acids is 1. The maximum atomic E-state index is 13.3. The van der Waals surface area contributed by atoms with E-state index in [1.165, 1.54) is 31.1 Å². The molecule has 0 saturated carbocycles. The summed E-state index contributed by atoms with van der Waals surface area (Å²) in [5.41, 5.74) is 0.569. The number of benzene rings is 1. The molecule has 0 aliphatic carbocycles. The van der Waals surface area contributed by atoms with Crippen molar-refractivity contribution in [2.45, 2.75) is 6.43 Å². The summed E-state index contributed by atoms with van der Waals surface area (Å²) in [6.07, 6.45) is -2.39. The maximum Gasteiger partial charge on any atom is 0.322 e. The number of amides is 1. The molecule has 0 spiro atoms. The number of carbonyl (C=O) groups is 1. The molecule has 1 aromatic carbocycles. The second-order valence-corrected chi connectivity index (χ2v) is 4.13. The largest absolute Gasteiger partial charge is 0.401 e. The minimum atomic E-state index is -2.88. The molecule has 1 amide bonds. The van der Waals surface area contributed by atoms with E-state index < -0.39 is 18.1 Å². The van der Waals surface area contributed by atoms with Crippen LogP contribution in [-0.4, -0.2) is 30.7 Å². The van der Waals surface area contributed by atoms with Crippen LogP contribution in [0, 0.1) is 5.82 Å². The minimum Gasteiger partial charge on any atom is -0.401 e. The van der Waals surface area contributed by atoms with Gasteiger partial charge in [-0.15, -0.1) is 5.10 Å². The number of hydrogen-bond acceptors (Lipinski definition) is 5. The van der Waals surface area contributed by atoms with Gasteiger partial charge in [0, 0.05) is 14.1 Å². The monoisotopic (exact) mass is 300 g/mol. The third-order valence-corrected chi connectivity index (χ3v) is 2.74. The van der Waals surface area contributed by atoms with Gasteiger partial charge in [0.2, 0.25) is 6.41 Å². The SMILES string of the molecule is CN(C=O)c1cc(F)ccc1N(C)c1nnc(C(F)F)o1. The molecule has 1 heterocycles. The van der Waals surface area contributed by atoms with Crippen molar-refractivity contribution in [2.24, 2.45) is 0 Å². The van der Waals surface area contributed by atoms with Gasteiger partial charge in [0.1, 0.15) is 5.82 Å². The van der Waals surface area contributed by atoms with E-state index in [0.717, 1.165) is 11.0 Å². The van der Waals surface area contributed by atoms with Gasteiger partial charge in [0.15, 0.2) is 0 Å². The van der Waals surface area contributed by atoms with Crippen LogP contribution in [0.5, 0.6) is 0 Å². The van der Waals surface area contributed by atoms with Gasteiger partial charge in [-0.3, -0.25) is 9.69 Å². The zero-order valence-electron chi connectivity index (χ0n) is 11.1. The van der Waals surface area contributed by atoms with Crippen LogP contribution in [-0.2, 0) is 4.79 Å². The Morgan fingerprint density at radius 2 is 1.95 bits per heavy atom. The van der Waals surface area contributed by atoms with E-state index >= 15 is 0 Å². The molecular weight excluding hydrogens is 289 g/mol. The lowest BCUT2D eigenvalue weighted by molar-refractivity contribution is -0.107. The molecule has 112 valence electrons. The average Bonchev–Trinajstić information content (AvgIpc) is 2.95. The normalized spacial score (nSPS) is 10.8. The van der Waals surface area contributed by atoms with Crippen LogP contribution in [0.2, 0.25) is 0 Å². The van der Waals surface area contributed by atoms with Gasteiger partial charge in [-0.2, -0.15) is 8.78 Å². The van der Waals surface area contributed by atoms with Crippen molar-refractivity contribution in [3.05, 3.63) is 29.9 Å². The van der Waals surface area contributed by atoms with E-state index in [4.69, 9.17) is 4.42 Å². The number of halogens is 3.